The summed E-state index contributed by atoms with van der Waals surface area (Å²) in [4.78, 5) is 12.1. The van der Waals surface area contributed by atoms with E-state index >= 15 is 0 Å². The van der Waals surface area contributed by atoms with Gasteiger partial charge in [-0.3, -0.25) is 4.79 Å². The Balaban J connectivity index is 1.48. The first-order valence-electron chi connectivity index (χ1n) is 8.10. The number of aryl methyl sites for hydroxylation is 1. The number of anilines is 1. The summed E-state index contributed by atoms with van der Waals surface area (Å²) in [5.41, 5.74) is 1.71. The SMILES string of the molecule is Cc1cc2c(cc1NC(=O)CCCOc1ccccc1)OCCO2. The molecule has 1 aliphatic rings. The number of benzene rings is 2. The minimum absolute atomic E-state index is 0.0357. The molecular weight excluding hydrogens is 306 g/mol. The van der Waals surface area contributed by atoms with Crippen molar-refractivity contribution in [1.82, 2.24) is 0 Å². The summed E-state index contributed by atoms with van der Waals surface area (Å²) in [5, 5.41) is 2.93. The molecule has 0 fully saturated rings. The molecule has 1 aliphatic heterocycles. The van der Waals surface area contributed by atoms with Crippen LogP contribution in [0.1, 0.15) is 18.4 Å². The molecule has 5 nitrogen and oxygen atoms in total. The lowest BCUT2D eigenvalue weighted by molar-refractivity contribution is -0.116. The van der Waals surface area contributed by atoms with Gasteiger partial charge < -0.3 is 19.5 Å². The number of fused-ring (bicyclic) bond motifs is 1. The van der Waals surface area contributed by atoms with E-state index < -0.39 is 0 Å². The number of hydrogen-bond acceptors (Lipinski definition) is 4. The van der Waals surface area contributed by atoms with E-state index in [-0.39, 0.29) is 5.91 Å². The van der Waals surface area contributed by atoms with Crippen LogP contribution in [-0.4, -0.2) is 25.7 Å². The van der Waals surface area contributed by atoms with Crippen LogP contribution in [0.4, 0.5) is 5.69 Å². The standard InChI is InChI=1S/C19H21NO4/c1-14-12-17-18(24-11-10-23-17)13-16(14)20-19(21)8-5-9-22-15-6-3-2-4-7-15/h2-4,6-7,12-13H,5,8-11H2,1H3,(H,20,21). The third kappa shape index (κ3) is 4.19. The molecule has 0 aliphatic carbocycles. The Bertz CT molecular complexity index is 700. The Morgan fingerprint density at radius 3 is 2.58 bits per heavy atom. The predicted molar refractivity (Wildman–Crippen MR) is 92.0 cm³/mol. The molecule has 0 saturated carbocycles. The van der Waals surface area contributed by atoms with E-state index in [2.05, 4.69) is 5.32 Å². The molecule has 1 amide bonds. The van der Waals surface area contributed by atoms with Crippen molar-refractivity contribution in [3.8, 4) is 17.2 Å². The number of amides is 1. The smallest absolute Gasteiger partial charge is 0.224 e. The van der Waals surface area contributed by atoms with Gasteiger partial charge in [0.25, 0.3) is 0 Å². The molecular formula is C19H21NO4. The second-order valence-electron chi connectivity index (χ2n) is 5.62. The molecule has 5 heteroatoms. The molecule has 0 bridgehead atoms. The number of carbonyl (C=O) groups is 1. The van der Waals surface area contributed by atoms with E-state index in [1.54, 1.807) is 0 Å². The van der Waals surface area contributed by atoms with Crippen LogP contribution in [0.25, 0.3) is 0 Å². The summed E-state index contributed by atoms with van der Waals surface area (Å²) in [7, 11) is 0. The first-order chi connectivity index (χ1) is 11.7. The molecule has 0 spiro atoms. The van der Waals surface area contributed by atoms with Gasteiger partial charge in [0.15, 0.2) is 11.5 Å². The van der Waals surface area contributed by atoms with Crippen molar-refractivity contribution < 1.29 is 19.0 Å². The lowest BCUT2D eigenvalue weighted by Crippen LogP contribution is -2.17. The van der Waals surface area contributed by atoms with Gasteiger partial charge in [-0.05, 0) is 37.1 Å². The highest BCUT2D eigenvalue weighted by Crippen LogP contribution is 2.35. The highest BCUT2D eigenvalue weighted by Gasteiger charge is 2.15. The minimum Gasteiger partial charge on any atom is -0.494 e. The molecule has 0 unspecified atom stereocenters. The zero-order valence-corrected chi connectivity index (χ0v) is 13.7. The van der Waals surface area contributed by atoms with Gasteiger partial charge in [-0.15, -0.1) is 0 Å². The largest absolute Gasteiger partial charge is 0.494 e. The summed E-state index contributed by atoms with van der Waals surface area (Å²) in [6.45, 7) is 3.53. The first-order valence-corrected chi connectivity index (χ1v) is 8.10. The molecule has 0 saturated heterocycles. The monoisotopic (exact) mass is 327 g/mol. The van der Waals surface area contributed by atoms with Crippen LogP contribution in [-0.2, 0) is 4.79 Å². The number of nitrogens with one attached hydrogen (secondary N) is 1. The number of rotatable bonds is 6. The average Bonchev–Trinajstić information content (AvgIpc) is 2.60. The van der Waals surface area contributed by atoms with Gasteiger partial charge in [0, 0.05) is 18.2 Å². The Morgan fingerprint density at radius 1 is 1.12 bits per heavy atom. The lowest BCUT2D eigenvalue weighted by atomic mass is 10.1. The maximum atomic E-state index is 12.1. The van der Waals surface area contributed by atoms with Crippen LogP contribution in [0, 0.1) is 6.92 Å². The van der Waals surface area contributed by atoms with Gasteiger partial charge in [0.1, 0.15) is 19.0 Å². The van der Waals surface area contributed by atoms with E-state index in [0.29, 0.717) is 38.4 Å². The molecule has 1 N–H and O–H groups in total. The van der Waals surface area contributed by atoms with Gasteiger partial charge in [-0.1, -0.05) is 18.2 Å². The van der Waals surface area contributed by atoms with Crippen LogP contribution in [0.3, 0.4) is 0 Å². The quantitative estimate of drug-likeness (QED) is 0.824. The molecule has 126 valence electrons. The maximum absolute atomic E-state index is 12.1. The fraction of sp³-hybridized carbons (Fsp3) is 0.316. The molecule has 0 atom stereocenters. The Hall–Kier alpha value is -2.69. The molecule has 1 heterocycles. The normalized spacial score (nSPS) is 12.5. The van der Waals surface area contributed by atoms with Gasteiger partial charge in [-0.2, -0.15) is 0 Å². The number of para-hydroxylation sites is 1. The Labute approximate surface area is 141 Å². The zero-order valence-electron chi connectivity index (χ0n) is 13.7. The van der Waals surface area contributed by atoms with Crippen molar-refractivity contribution >= 4 is 11.6 Å². The van der Waals surface area contributed by atoms with E-state index in [9.17, 15) is 4.79 Å². The van der Waals surface area contributed by atoms with Crippen LogP contribution in [0.2, 0.25) is 0 Å². The summed E-state index contributed by atoms with van der Waals surface area (Å²) in [6, 6.07) is 13.3. The molecule has 0 radical (unpaired) electrons. The highest BCUT2D eigenvalue weighted by atomic mass is 16.6. The van der Waals surface area contributed by atoms with Crippen LogP contribution >= 0.6 is 0 Å². The zero-order chi connectivity index (χ0) is 16.8. The average molecular weight is 327 g/mol. The fourth-order valence-corrected chi connectivity index (χ4v) is 2.48. The van der Waals surface area contributed by atoms with Crippen molar-refractivity contribution in [2.45, 2.75) is 19.8 Å². The third-order valence-corrected chi connectivity index (χ3v) is 3.72. The van der Waals surface area contributed by atoms with Gasteiger partial charge in [0.2, 0.25) is 5.91 Å². The van der Waals surface area contributed by atoms with Crippen LogP contribution in [0.5, 0.6) is 17.2 Å². The van der Waals surface area contributed by atoms with Crippen molar-refractivity contribution in [3.05, 3.63) is 48.0 Å². The van der Waals surface area contributed by atoms with Crippen molar-refractivity contribution in [1.29, 1.82) is 0 Å². The van der Waals surface area contributed by atoms with Crippen LogP contribution in [0.15, 0.2) is 42.5 Å². The van der Waals surface area contributed by atoms with Crippen molar-refractivity contribution in [2.24, 2.45) is 0 Å². The molecule has 2 aromatic rings. The Kier molecular flexibility index (Phi) is 5.21. The predicted octanol–water partition coefficient (Wildman–Crippen LogP) is 3.56. The number of carbonyl (C=O) groups excluding carboxylic acids is 1. The molecule has 2 aromatic carbocycles. The maximum Gasteiger partial charge on any atom is 0.224 e. The van der Waals surface area contributed by atoms with Crippen LogP contribution < -0.4 is 19.5 Å². The molecule has 0 aromatic heterocycles. The summed E-state index contributed by atoms with van der Waals surface area (Å²) >= 11 is 0. The summed E-state index contributed by atoms with van der Waals surface area (Å²) < 4.78 is 16.7. The summed E-state index contributed by atoms with van der Waals surface area (Å²) in [6.07, 6.45) is 1.06. The van der Waals surface area contributed by atoms with Gasteiger partial charge >= 0.3 is 0 Å². The van der Waals surface area contributed by atoms with Crippen molar-refractivity contribution in [3.63, 3.8) is 0 Å². The lowest BCUT2D eigenvalue weighted by Gasteiger charge is -2.20. The second-order valence-corrected chi connectivity index (χ2v) is 5.62. The van der Waals surface area contributed by atoms with Gasteiger partial charge in [-0.25, -0.2) is 0 Å². The Morgan fingerprint density at radius 2 is 1.83 bits per heavy atom. The minimum atomic E-state index is -0.0357. The van der Waals surface area contributed by atoms with E-state index in [1.807, 2.05) is 49.4 Å². The molecule has 24 heavy (non-hydrogen) atoms. The van der Waals surface area contributed by atoms with E-state index in [0.717, 1.165) is 22.7 Å². The fourth-order valence-electron chi connectivity index (χ4n) is 2.48. The summed E-state index contributed by atoms with van der Waals surface area (Å²) in [5.74, 6) is 2.19. The highest BCUT2D eigenvalue weighted by molar-refractivity contribution is 5.92. The third-order valence-electron chi connectivity index (χ3n) is 3.72. The second kappa shape index (κ2) is 7.73. The number of hydrogen-bond donors (Lipinski definition) is 1. The van der Waals surface area contributed by atoms with E-state index in [1.165, 1.54) is 0 Å². The molecule has 3 rings (SSSR count). The van der Waals surface area contributed by atoms with Crippen molar-refractivity contribution in [2.75, 3.05) is 25.1 Å². The topological polar surface area (TPSA) is 56.8 Å². The van der Waals surface area contributed by atoms with Gasteiger partial charge in [0.05, 0.1) is 6.61 Å². The first kappa shape index (κ1) is 16.2. The number of ether oxygens (including phenoxy) is 3. The van der Waals surface area contributed by atoms with E-state index in [4.69, 9.17) is 14.2 Å².